The average molecular weight is 447 g/mol. The summed E-state index contributed by atoms with van der Waals surface area (Å²) in [5.74, 6) is 0.416. The Morgan fingerprint density at radius 3 is 2.88 bits per heavy atom. The Hall–Kier alpha value is -3.52. The summed E-state index contributed by atoms with van der Waals surface area (Å²) in [6.07, 6.45) is 5.31. The molecular formula is C25H30N6O2. The minimum atomic E-state index is -0.633. The molecule has 4 rings (SSSR count). The number of rotatable bonds is 7. The van der Waals surface area contributed by atoms with Crippen molar-refractivity contribution < 1.29 is 9.59 Å². The Morgan fingerprint density at radius 1 is 1.21 bits per heavy atom. The monoisotopic (exact) mass is 446 g/mol. The summed E-state index contributed by atoms with van der Waals surface area (Å²) < 4.78 is 0. The van der Waals surface area contributed by atoms with Gasteiger partial charge in [-0.2, -0.15) is 0 Å². The second-order valence-electron chi connectivity index (χ2n) is 8.71. The highest BCUT2D eigenvalue weighted by atomic mass is 16.2. The molecule has 0 saturated carbocycles. The first-order valence-electron chi connectivity index (χ1n) is 11.3. The molecule has 0 bridgehead atoms. The molecule has 1 fully saturated rings. The summed E-state index contributed by atoms with van der Waals surface area (Å²) in [6, 6.07) is 10.9. The van der Waals surface area contributed by atoms with Crippen molar-refractivity contribution in [3.63, 3.8) is 0 Å². The molecule has 0 spiro atoms. The third kappa shape index (κ3) is 5.46. The van der Waals surface area contributed by atoms with Crippen LogP contribution in [0, 0.1) is 12.8 Å². The smallest absolute Gasteiger partial charge is 0.242 e. The largest absolute Gasteiger partial charge is 0.384 e. The van der Waals surface area contributed by atoms with Crippen LogP contribution in [0.4, 0.5) is 5.82 Å². The molecule has 1 aliphatic rings. The van der Waals surface area contributed by atoms with Gasteiger partial charge < -0.3 is 21.7 Å². The minimum Gasteiger partial charge on any atom is -0.384 e. The van der Waals surface area contributed by atoms with Crippen molar-refractivity contribution >= 4 is 28.4 Å². The number of hydrogen-bond donors (Lipinski definition) is 4. The number of anilines is 1. The lowest BCUT2D eigenvalue weighted by atomic mass is 9.93. The lowest BCUT2D eigenvalue weighted by molar-refractivity contribution is -0.129. The maximum atomic E-state index is 12.8. The molecule has 33 heavy (non-hydrogen) atoms. The van der Waals surface area contributed by atoms with Crippen LogP contribution >= 0.6 is 0 Å². The van der Waals surface area contributed by atoms with Crippen LogP contribution in [0.3, 0.4) is 0 Å². The molecule has 2 aromatic heterocycles. The first-order chi connectivity index (χ1) is 15.9. The molecule has 1 saturated heterocycles. The molecule has 3 aromatic rings. The van der Waals surface area contributed by atoms with Gasteiger partial charge in [-0.3, -0.25) is 14.6 Å². The summed E-state index contributed by atoms with van der Waals surface area (Å²) in [5.41, 5.74) is 8.60. The van der Waals surface area contributed by atoms with Crippen LogP contribution in [0.25, 0.3) is 10.8 Å². The number of carbonyl (C=O) groups excluding carboxylic acids is 2. The van der Waals surface area contributed by atoms with Gasteiger partial charge in [0.05, 0.1) is 6.04 Å². The van der Waals surface area contributed by atoms with E-state index in [1.54, 1.807) is 13.0 Å². The van der Waals surface area contributed by atoms with Crippen LogP contribution in [0.2, 0.25) is 0 Å². The average Bonchev–Trinajstić information content (AvgIpc) is 3.27. The summed E-state index contributed by atoms with van der Waals surface area (Å²) >= 11 is 0. The molecule has 1 unspecified atom stereocenters. The molecule has 0 radical (unpaired) electrons. The van der Waals surface area contributed by atoms with Gasteiger partial charge in [-0.1, -0.05) is 24.3 Å². The second kappa shape index (κ2) is 9.95. The molecule has 3 atom stereocenters. The number of amides is 2. The Labute approximate surface area is 193 Å². The highest BCUT2D eigenvalue weighted by Gasteiger charge is 2.31. The quantitative estimate of drug-likeness (QED) is 0.440. The molecule has 172 valence electrons. The zero-order valence-electron chi connectivity index (χ0n) is 19.0. The maximum absolute atomic E-state index is 12.8. The molecule has 5 N–H and O–H groups in total. The van der Waals surface area contributed by atoms with Crippen LogP contribution in [-0.4, -0.2) is 40.4 Å². The van der Waals surface area contributed by atoms with Gasteiger partial charge in [0, 0.05) is 30.0 Å². The topological polar surface area (TPSA) is 122 Å². The van der Waals surface area contributed by atoms with E-state index < -0.39 is 6.04 Å². The molecular weight excluding hydrogens is 416 g/mol. The Morgan fingerprint density at radius 2 is 2.06 bits per heavy atom. The van der Waals surface area contributed by atoms with E-state index in [1.807, 2.05) is 37.5 Å². The maximum Gasteiger partial charge on any atom is 0.242 e. The number of carbonyl (C=O) groups is 2. The van der Waals surface area contributed by atoms with Crippen molar-refractivity contribution in [2.45, 2.75) is 45.3 Å². The normalized spacial score (nSPS) is 18.7. The zero-order valence-corrected chi connectivity index (χ0v) is 19.0. The van der Waals surface area contributed by atoms with Gasteiger partial charge in [-0.05, 0) is 67.8 Å². The molecule has 1 aliphatic heterocycles. The zero-order chi connectivity index (χ0) is 23.4. The van der Waals surface area contributed by atoms with Crippen molar-refractivity contribution in [2.75, 3.05) is 12.3 Å². The second-order valence-corrected chi connectivity index (χ2v) is 8.71. The summed E-state index contributed by atoms with van der Waals surface area (Å²) in [4.78, 5) is 33.6. The number of nitrogen functional groups attached to an aromatic ring is 1. The Balaban J connectivity index is 1.27. The minimum absolute atomic E-state index is 0.146. The number of aryl methyl sites for hydroxylation is 1. The van der Waals surface area contributed by atoms with Crippen molar-refractivity contribution in [2.24, 2.45) is 5.92 Å². The third-order valence-corrected chi connectivity index (χ3v) is 6.24. The fraction of sp³-hybridized carbons (Fsp3) is 0.360. The van der Waals surface area contributed by atoms with Gasteiger partial charge in [-0.15, -0.1) is 0 Å². The number of nitrogens with zero attached hydrogens (tertiary/aromatic N) is 2. The van der Waals surface area contributed by atoms with Crippen molar-refractivity contribution in [1.82, 2.24) is 25.9 Å². The number of pyridine rings is 2. The fourth-order valence-corrected chi connectivity index (χ4v) is 4.35. The molecule has 8 nitrogen and oxygen atoms in total. The van der Waals surface area contributed by atoms with E-state index in [0.29, 0.717) is 18.3 Å². The lowest BCUT2D eigenvalue weighted by Gasteiger charge is -2.17. The van der Waals surface area contributed by atoms with Gasteiger partial charge in [0.25, 0.3) is 0 Å². The van der Waals surface area contributed by atoms with Gasteiger partial charge in [0.2, 0.25) is 11.8 Å². The lowest BCUT2D eigenvalue weighted by Crippen LogP contribution is -2.50. The molecule has 0 aliphatic carbocycles. The Bertz CT molecular complexity index is 1160. The van der Waals surface area contributed by atoms with Gasteiger partial charge in [0.1, 0.15) is 11.9 Å². The van der Waals surface area contributed by atoms with Crippen molar-refractivity contribution in [1.29, 1.82) is 0 Å². The first kappa shape index (κ1) is 22.7. The summed E-state index contributed by atoms with van der Waals surface area (Å²) in [5, 5.41) is 11.3. The highest BCUT2D eigenvalue weighted by molar-refractivity contribution is 5.89. The Kier molecular flexibility index (Phi) is 6.84. The summed E-state index contributed by atoms with van der Waals surface area (Å²) in [6.45, 7) is 4.64. The molecule has 3 heterocycles. The molecule has 8 heteroatoms. The standard InChI is InChI=1S/C25H30N6O2/c1-15-19(6-7-23(26)30-15)14-29-24(32)16(2)31-25(33)22-11-17(12-28-22)10-18-4-3-5-20-13-27-9-8-21(18)20/h3-9,13,16-17,22,28H,10-12,14H2,1-2H3,(H2,26,30)(H,29,32)(H,31,33)/t16-,17-,22?/m0/s1. The predicted octanol–water partition coefficient (Wildman–Crippen LogP) is 1.86. The van der Waals surface area contributed by atoms with Crippen LogP contribution in [0.5, 0.6) is 0 Å². The number of nitrogens with two attached hydrogens (primary N) is 1. The first-order valence-corrected chi connectivity index (χ1v) is 11.3. The number of benzene rings is 1. The van der Waals surface area contributed by atoms with E-state index in [-0.39, 0.29) is 17.9 Å². The van der Waals surface area contributed by atoms with E-state index in [0.717, 1.165) is 36.0 Å². The van der Waals surface area contributed by atoms with E-state index in [9.17, 15) is 9.59 Å². The van der Waals surface area contributed by atoms with Gasteiger partial charge in [-0.25, -0.2) is 4.98 Å². The van der Waals surface area contributed by atoms with E-state index in [4.69, 9.17) is 5.73 Å². The van der Waals surface area contributed by atoms with Crippen LogP contribution in [-0.2, 0) is 22.6 Å². The van der Waals surface area contributed by atoms with Crippen molar-refractivity contribution in [3.8, 4) is 0 Å². The fourth-order valence-electron chi connectivity index (χ4n) is 4.35. The molecule has 1 aromatic carbocycles. The number of nitrogens with one attached hydrogen (secondary N) is 3. The van der Waals surface area contributed by atoms with E-state index >= 15 is 0 Å². The highest BCUT2D eigenvalue weighted by Crippen LogP contribution is 2.24. The van der Waals surface area contributed by atoms with Crippen LogP contribution < -0.4 is 21.7 Å². The van der Waals surface area contributed by atoms with Gasteiger partial charge >= 0.3 is 0 Å². The predicted molar refractivity (Wildman–Crippen MR) is 128 cm³/mol. The number of aromatic nitrogens is 2. The van der Waals surface area contributed by atoms with Gasteiger partial charge in [0.15, 0.2) is 0 Å². The molecule has 2 amide bonds. The SMILES string of the molecule is Cc1nc(N)ccc1CNC(=O)[C@H](C)NC(=O)C1C[C@H](Cc2cccc3cnccc23)CN1. The van der Waals surface area contributed by atoms with Crippen LogP contribution in [0.15, 0.2) is 48.8 Å². The van der Waals surface area contributed by atoms with E-state index in [1.165, 1.54) is 10.9 Å². The third-order valence-electron chi connectivity index (χ3n) is 6.24. The number of fused-ring (bicyclic) bond motifs is 1. The van der Waals surface area contributed by atoms with E-state index in [2.05, 4.69) is 38.1 Å². The number of hydrogen-bond acceptors (Lipinski definition) is 6. The summed E-state index contributed by atoms with van der Waals surface area (Å²) in [7, 11) is 0. The van der Waals surface area contributed by atoms with Crippen LogP contribution in [0.1, 0.15) is 30.2 Å². The van der Waals surface area contributed by atoms with Crippen molar-refractivity contribution in [3.05, 3.63) is 65.6 Å².